The third-order valence-corrected chi connectivity index (χ3v) is 5.83. The molecule has 1 aromatic heterocycles. The Morgan fingerprint density at radius 1 is 1.42 bits per heavy atom. The van der Waals surface area contributed by atoms with Gasteiger partial charge in [-0.15, -0.1) is 11.3 Å². The molecular formula is C14H19BrN2OS. The lowest BCUT2D eigenvalue weighted by molar-refractivity contribution is 0.0434. The Morgan fingerprint density at radius 3 is 2.95 bits per heavy atom. The number of hydrogen-bond donors (Lipinski definition) is 1. The van der Waals surface area contributed by atoms with Gasteiger partial charge in [-0.1, -0.05) is 0 Å². The molecule has 1 unspecified atom stereocenters. The molecule has 104 valence electrons. The van der Waals surface area contributed by atoms with Crippen molar-refractivity contribution in [3.63, 3.8) is 0 Å². The first-order valence-corrected chi connectivity index (χ1v) is 8.60. The molecule has 1 N–H and O–H groups in total. The van der Waals surface area contributed by atoms with E-state index in [0.29, 0.717) is 5.41 Å². The van der Waals surface area contributed by atoms with E-state index in [1.807, 2.05) is 11.4 Å². The fraction of sp³-hybridized carbons (Fsp3) is 0.643. The van der Waals surface area contributed by atoms with E-state index in [0.717, 1.165) is 41.9 Å². The lowest BCUT2D eigenvalue weighted by Crippen LogP contribution is -2.52. The van der Waals surface area contributed by atoms with Crippen LogP contribution in [0.25, 0.3) is 0 Å². The molecule has 3 rings (SSSR count). The van der Waals surface area contributed by atoms with Crippen molar-refractivity contribution in [3.05, 3.63) is 20.8 Å². The highest BCUT2D eigenvalue weighted by Crippen LogP contribution is 2.36. The van der Waals surface area contributed by atoms with E-state index in [1.54, 1.807) is 11.3 Å². The van der Waals surface area contributed by atoms with Crippen LogP contribution in [0.5, 0.6) is 0 Å². The Hall–Kier alpha value is -0.390. The number of halogens is 1. The summed E-state index contributed by atoms with van der Waals surface area (Å²) in [5.41, 5.74) is 1.16. The Labute approximate surface area is 126 Å². The number of rotatable bonds is 1. The van der Waals surface area contributed by atoms with Gasteiger partial charge in [0.25, 0.3) is 5.91 Å². The van der Waals surface area contributed by atoms with Crippen molar-refractivity contribution in [1.82, 2.24) is 10.2 Å². The molecule has 0 bridgehead atoms. The number of thiophene rings is 1. The molecule has 0 aliphatic carbocycles. The quantitative estimate of drug-likeness (QED) is 0.850. The van der Waals surface area contributed by atoms with Crippen molar-refractivity contribution >= 4 is 33.2 Å². The molecule has 19 heavy (non-hydrogen) atoms. The number of nitrogens with one attached hydrogen (secondary N) is 1. The van der Waals surface area contributed by atoms with Gasteiger partial charge < -0.3 is 10.2 Å². The Kier molecular flexibility index (Phi) is 3.96. The molecule has 1 atom stereocenters. The summed E-state index contributed by atoms with van der Waals surface area (Å²) in [7, 11) is 0. The molecule has 2 aliphatic rings. The van der Waals surface area contributed by atoms with Gasteiger partial charge in [0, 0.05) is 30.4 Å². The topological polar surface area (TPSA) is 32.3 Å². The molecule has 2 fully saturated rings. The molecular weight excluding hydrogens is 324 g/mol. The van der Waals surface area contributed by atoms with Crippen LogP contribution in [-0.2, 0) is 0 Å². The van der Waals surface area contributed by atoms with E-state index in [9.17, 15) is 4.79 Å². The van der Waals surface area contributed by atoms with Gasteiger partial charge in [0.05, 0.1) is 9.35 Å². The predicted octanol–water partition coefficient (Wildman–Crippen LogP) is 3.12. The highest BCUT2D eigenvalue weighted by Gasteiger charge is 2.38. The molecule has 2 saturated heterocycles. The molecule has 0 saturated carbocycles. The van der Waals surface area contributed by atoms with Crippen LogP contribution in [0.3, 0.4) is 0 Å². The second-order valence-corrected chi connectivity index (χ2v) is 8.04. The summed E-state index contributed by atoms with van der Waals surface area (Å²) in [5, 5.41) is 5.46. The van der Waals surface area contributed by atoms with Crippen molar-refractivity contribution in [2.45, 2.75) is 25.7 Å². The Balaban J connectivity index is 1.72. The smallest absolute Gasteiger partial charge is 0.254 e. The van der Waals surface area contributed by atoms with Crippen molar-refractivity contribution in [2.24, 2.45) is 5.41 Å². The standard InChI is InChI=1S/C14H19BrN2OS/c15-12-7-11(8-19-12)13(18)17-6-2-4-14(10-17)3-1-5-16-9-14/h7-8,16H,1-6,9-10H2. The minimum Gasteiger partial charge on any atom is -0.338 e. The van der Waals surface area contributed by atoms with Crippen LogP contribution in [0, 0.1) is 5.41 Å². The predicted molar refractivity (Wildman–Crippen MR) is 81.7 cm³/mol. The number of likely N-dealkylation sites (tertiary alicyclic amines) is 1. The lowest BCUT2D eigenvalue weighted by Gasteiger charge is -2.45. The monoisotopic (exact) mass is 342 g/mol. The number of hydrogen-bond acceptors (Lipinski definition) is 3. The zero-order valence-electron chi connectivity index (χ0n) is 11.0. The average Bonchev–Trinajstić information content (AvgIpc) is 2.85. The second-order valence-electron chi connectivity index (χ2n) is 5.75. The zero-order chi connectivity index (χ0) is 13.3. The van der Waals surface area contributed by atoms with Gasteiger partial charge >= 0.3 is 0 Å². The first-order valence-electron chi connectivity index (χ1n) is 6.93. The van der Waals surface area contributed by atoms with Crippen LogP contribution in [0.4, 0.5) is 0 Å². The van der Waals surface area contributed by atoms with Gasteiger partial charge in [-0.25, -0.2) is 0 Å². The van der Waals surface area contributed by atoms with Crippen molar-refractivity contribution in [3.8, 4) is 0 Å². The fourth-order valence-corrected chi connectivity index (χ4v) is 4.50. The van der Waals surface area contributed by atoms with E-state index in [4.69, 9.17) is 0 Å². The molecule has 5 heteroatoms. The fourth-order valence-electron chi connectivity index (χ4n) is 3.36. The van der Waals surface area contributed by atoms with Crippen LogP contribution >= 0.6 is 27.3 Å². The maximum Gasteiger partial charge on any atom is 0.254 e. The summed E-state index contributed by atoms with van der Waals surface area (Å²) in [6.07, 6.45) is 4.90. The van der Waals surface area contributed by atoms with Crippen LogP contribution in [0.1, 0.15) is 36.0 Å². The minimum atomic E-state index is 0.201. The Morgan fingerprint density at radius 2 is 2.26 bits per heavy atom. The summed E-state index contributed by atoms with van der Waals surface area (Å²) in [6, 6.07) is 1.94. The van der Waals surface area contributed by atoms with Gasteiger partial charge in [-0.05, 0) is 54.2 Å². The first kappa shape index (κ1) is 13.6. The summed E-state index contributed by atoms with van der Waals surface area (Å²) >= 11 is 5.01. The van der Waals surface area contributed by atoms with Crippen LogP contribution in [-0.4, -0.2) is 37.0 Å². The van der Waals surface area contributed by atoms with Gasteiger partial charge in [-0.2, -0.15) is 0 Å². The van der Waals surface area contributed by atoms with Gasteiger partial charge in [-0.3, -0.25) is 4.79 Å². The summed E-state index contributed by atoms with van der Waals surface area (Å²) in [4.78, 5) is 14.6. The van der Waals surface area contributed by atoms with Crippen molar-refractivity contribution in [1.29, 1.82) is 0 Å². The van der Waals surface area contributed by atoms with Crippen LogP contribution in [0.2, 0.25) is 0 Å². The molecule has 1 amide bonds. The van der Waals surface area contributed by atoms with E-state index >= 15 is 0 Å². The molecule has 3 heterocycles. The van der Waals surface area contributed by atoms with Crippen LogP contribution < -0.4 is 5.32 Å². The van der Waals surface area contributed by atoms with Gasteiger partial charge in [0.15, 0.2) is 0 Å². The largest absolute Gasteiger partial charge is 0.338 e. The molecule has 1 spiro atoms. The second kappa shape index (κ2) is 5.54. The van der Waals surface area contributed by atoms with E-state index in [1.165, 1.54) is 19.3 Å². The van der Waals surface area contributed by atoms with Crippen LogP contribution in [0.15, 0.2) is 15.2 Å². The SMILES string of the molecule is O=C(c1csc(Br)c1)N1CCCC2(CCCNC2)C1. The maximum absolute atomic E-state index is 12.5. The lowest BCUT2D eigenvalue weighted by atomic mass is 9.74. The number of piperidine rings is 2. The third-order valence-electron chi connectivity index (χ3n) is 4.32. The highest BCUT2D eigenvalue weighted by molar-refractivity contribution is 9.11. The van der Waals surface area contributed by atoms with E-state index in [2.05, 4.69) is 26.1 Å². The normalized spacial score (nSPS) is 27.7. The molecule has 3 nitrogen and oxygen atoms in total. The number of carbonyl (C=O) groups is 1. The molecule has 0 radical (unpaired) electrons. The number of amides is 1. The van der Waals surface area contributed by atoms with Crippen molar-refractivity contribution in [2.75, 3.05) is 26.2 Å². The number of carbonyl (C=O) groups excluding carboxylic acids is 1. The first-order chi connectivity index (χ1) is 9.19. The average molecular weight is 343 g/mol. The zero-order valence-corrected chi connectivity index (χ0v) is 13.4. The Bertz CT molecular complexity index is 462. The van der Waals surface area contributed by atoms with Crippen molar-refractivity contribution < 1.29 is 4.79 Å². The van der Waals surface area contributed by atoms with Gasteiger partial charge in [0.1, 0.15) is 0 Å². The van der Waals surface area contributed by atoms with Gasteiger partial charge in [0.2, 0.25) is 0 Å². The molecule has 0 aromatic carbocycles. The maximum atomic E-state index is 12.5. The molecule has 1 aromatic rings. The molecule has 2 aliphatic heterocycles. The van der Waals surface area contributed by atoms with E-state index < -0.39 is 0 Å². The third kappa shape index (κ3) is 2.88. The van der Waals surface area contributed by atoms with E-state index in [-0.39, 0.29) is 5.91 Å². The number of nitrogens with zero attached hydrogens (tertiary/aromatic N) is 1. The summed E-state index contributed by atoms with van der Waals surface area (Å²) in [6.45, 7) is 4.04. The summed E-state index contributed by atoms with van der Waals surface area (Å²) in [5.74, 6) is 0.201. The minimum absolute atomic E-state index is 0.201. The highest BCUT2D eigenvalue weighted by atomic mass is 79.9. The summed E-state index contributed by atoms with van der Waals surface area (Å²) < 4.78 is 1.03.